The van der Waals surface area contributed by atoms with Crippen LogP contribution in [0.2, 0.25) is 0 Å². The number of hydrogen-bond acceptors (Lipinski definition) is 3. The minimum Gasteiger partial charge on any atom is -0.322 e. The molecule has 1 heterocycles. The summed E-state index contributed by atoms with van der Waals surface area (Å²) in [6, 6.07) is 5.86. The van der Waals surface area contributed by atoms with Crippen molar-refractivity contribution in [1.29, 1.82) is 0 Å². The van der Waals surface area contributed by atoms with Gasteiger partial charge in [0.1, 0.15) is 5.82 Å². The molecular weight excluding hydrogens is 262 g/mol. The molecule has 1 aromatic heterocycles. The number of carbonyl (C=O) groups excluding carboxylic acids is 1. The van der Waals surface area contributed by atoms with Crippen LogP contribution < -0.4 is 5.32 Å². The van der Waals surface area contributed by atoms with E-state index < -0.39 is 0 Å². The van der Waals surface area contributed by atoms with Gasteiger partial charge in [0.15, 0.2) is 0 Å². The van der Waals surface area contributed by atoms with E-state index >= 15 is 0 Å². The van der Waals surface area contributed by atoms with E-state index in [0.717, 1.165) is 22.6 Å². The summed E-state index contributed by atoms with van der Waals surface area (Å²) in [6.07, 6.45) is 1.61. The Labute approximate surface area is 125 Å². The van der Waals surface area contributed by atoms with E-state index in [-0.39, 0.29) is 11.8 Å². The molecule has 4 heteroatoms. The fourth-order valence-electron chi connectivity index (χ4n) is 2.06. The van der Waals surface area contributed by atoms with Crippen LogP contribution in [0.1, 0.15) is 52.8 Å². The number of benzene rings is 1. The normalized spacial score (nSPS) is 10.8. The molecular formula is C17H21N3O. The van der Waals surface area contributed by atoms with Gasteiger partial charge in [-0.1, -0.05) is 26.0 Å². The van der Waals surface area contributed by atoms with Crippen molar-refractivity contribution in [2.75, 3.05) is 5.32 Å². The molecule has 0 spiro atoms. The molecule has 0 saturated heterocycles. The molecule has 1 amide bonds. The Morgan fingerprint density at radius 3 is 2.52 bits per heavy atom. The number of aromatic nitrogens is 2. The van der Waals surface area contributed by atoms with Crippen molar-refractivity contribution in [3.8, 4) is 0 Å². The van der Waals surface area contributed by atoms with Gasteiger partial charge in [-0.15, -0.1) is 0 Å². The third-order valence-electron chi connectivity index (χ3n) is 3.61. The van der Waals surface area contributed by atoms with Crippen molar-refractivity contribution in [2.45, 2.75) is 40.5 Å². The molecule has 1 aromatic carbocycles. The topological polar surface area (TPSA) is 54.9 Å². The first-order valence-corrected chi connectivity index (χ1v) is 7.11. The SMILES string of the molecule is Cc1cccc(NC(=O)c2cnc(C(C)C)nc2C)c1C. The van der Waals surface area contributed by atoms with E-state index in [4.69, 9.17) is 0 Å². The Balaban J connectivity index is 2.27. The Hall–Kier alpha value is -2.23. The number of carbonyl (C=O) groups is 1. The molecule has 2 aromatic rings. The summed E-state index contributed by atoms with van der Waals surface area (Å²) in [5.74, 6) is 0.840. The fourth-order valence-corrected chi connectivity index (χ4v) is 2.06. The van der Waals surface area contributed by atoms with E-state index in [2.05, 4.69) is 15.3 Å². The number of aryl methyl sites for hydroxylation is 2. The number of hydrogen-bond donors (Lipinski definition) is 1. The van der Waals surface area contributed by atoms with E-state index in [1.807, 2.05) is 52.8 Å². The quantitative estimate of drug-likeness (QED) is 0.932. The maximum Gasteiger partial charge on any atom is 0.259 e. The molecule has 110 valence electrons. The monoisotopic (exact) mass is 283 g/mol. The second-order valence-corrected chi connectivity index (χ2v) is 5.58. The van der Waals surface area contributed by atoms with Crippen molar-refractivity contribution in [3.05, 3.63) is 52.6 Å². The van der Waals surface area contributed by atoms with E-state index in [0.29, 0.717) is 11.3 Å². The average molecular weight is 283 g/mol. The smallest absolute Gasteiger partial charge is 0.259 e. The van der Waals surface area contributed by atoms with Crippen molar-refractivity contribution >= 4 is 11.6 Å². The van der Waals surface area contributed by atoms with Crippen LogP contribution in [0.25, 0.3) is 0 Å². The van der Waals surface area contributed by atoms with Gasteiger partial charge in [-0.25, -0.2) is 9.97 Å². The molecule has 4 nitrogen and oxygen atoms in total. The van der Waals surface area contributed by atoms with Crippen LogP contribution in [0.4, 0.5) is 5.69 Å². The van der Waals surface area contributed by atoms with Gasteiger partial charge in [0, 0.05) is 17.8 Å². The zero-order valence-corrected chi connectivity index (χ0v) is 13.2. The highest BCUT2D eigenvalue weighted by atomic mass is 16.1. The third-order valence-corrected chi connectivity index (χ3v) is 3.61. The van der Waals surface area contributed by atoms with Gasteiger partial charge in [0.2, 0.25) is 0 Å². The van der Waals surface area contributed by atoms with Gasteiger partial charge in [-0.2, -0.15) is 0 Å². The molecule has 0 unspecified atom stereocenters. The lowest BCUT2D eigenvalue weighted by Gasteiger charge is -2.12. The van der Waals surface area contributed by atoms with Gasteiger partial charge in [0.05, 0.1) is 11.3 Å². The van der Waals surface area contributed by atoms with Crippen LogP contribution >= 0.6 is 0 Å². The second kappa shape index (κ2) is 6.04. The Morgan fingerprint density at radius 1 is 1.19 bits per heavy atom. The van der Waals surface area contributed by atoms with Gasteiger partial charge in [-0.05, 0) is 38.0 Å². The van der Waals surface area contributed by atoms with Gasteiger partial charge in [-0.3, -0.25) is 4.79 Å². The summed E-state index contributed by atoms with van der Waals surface area (Å²) in [6.45, 7) is 9.92. The number of nitrogens with one attached hydrogen (secondary N) is 1. The maximum absolute atomic E-state index is 12.4. The molecule has 0 atom stereocenters. The third kappa shape index (κ3) is 3.27. The summed E-state index contributed by atoms with van der Waals surface area (Å²) in [4.78, 5) is 21.1. The number of rotatable bonds is 3. The molecule has 0 aliphatic heterocycles. The Kier molecular flexibility index (Phi) is 4.36. The highest BCUT2D eigenvalue weighted by molar-refractivity contribution is 6.05. The van der Waals surface area contributed by atoms with Crippen molar-refractivity contribution in [1.82, 2.24) is 9.97 Å². The fraction of sp³-hybridized carbons (Fsp3) is 0.353. The molecule has 0 saturated carbocycles. The first-order valence-electron chi connectivity index (χ1n) is 7.11. The predicted molar refractivity (Wildman–Crippen MR) is 84.7 cm³/mol. The molecule has 0 aliphatic rings. The molecule has 0 bridgehead atoms. The first kappa shape index (κ1) is 15.2. The Bertz CT molecular complexity index is 678. The zero-order chi connectivity index (χ0) is 15.6. The maximum atomic E-state index is 12.4. The zero-order valence-electron chi connectivity index (χ0n) is 13.2. The summed E-state index contributed by atoms with van der Waals surface area (Å²) in [7, 11) is 0. The largest absolute Gasteiger partial charge is 0.322 e. The average Bonchev–Trinajstić information content (AvgIpc) is 2.43. The molecule has 0 radical (unpaired) electrons. The van der Waals surface area contributed by atoms with E-state index in [9.17, 15) is 4.79 Å². The molecule has 0 aliphatic carbocycles. The van der Waals surface area contributed by atoms with Crippen molar-refractivity contribution < 1.29 is 4.79 Å². The summed E-state index contributed by atoms with van der Waals surface area (Å²) >= 11 is 0. The minimum absolute atomic E-state index is 0.170. The lowest BCUT2D eigenvalue weighted by atomic mass is 10.1. The summed E-state index contributed by atoms with van der Waals surface area (Å²) < 4.78 is 0. The molecule has 0 fully saturated rings. The lowest BCUT2D eigenvalue weighted by molar-refractivity contribution is 0.102. The van der Waals surface area contributed by atoms with Gasteiger partial charge in [0.25, 0.3) is 5.91 Å². The Morgan fingerprint density at radius 2 is 1.90 bits per heavy atom. The summed E-state index contributed by atoms with van der Waals surface area (Å²) in [5.41, 5.74) is 4.27. The molecule has 1 N–H and O–H groups in total. The minimum atomic E-state index is -0.170. The van der Waals surface area contributed by atoms with Crippen molar-refractivity contribution in [2.24, 2.45) is 0 Å². The predicted octanol–water partition coefficient (Wildman–Crippen LogP) is 3.78. The number of amides is 1. The van der Waals surface area contributed by atoms with Crippen LogP contribution in [0.3, 0.4) is 0 Å². The van der Waals surface area contributed by atoms with E-state index in [1.165, 1.54) is 0 Å². The van der Waals surface area contributed by atoms with Crippen LogP contribution in [0.15, 0.2) is 24.4 Å². The van der Waals surface area contributed by atoms with Crippen LogP contribution in [0.5, 0.6) is 0 Å². The first-order chi connectivity index (χ1) is 9.90. The number of anilines is 1. The molecule has 2 rings (SSSR count). The lowest BCUT2D eigenvalue weighted by Crippen LogP contribution is -2.16. The summed E-state index contributed by atoms with van der Waals surface area (Å²) in [5, 5.41) is 2.94. The second-order valence-electron chi connectivity index (χ2n) is 5.58. The molecule has 21 heavy (non-hydrogen) atoms. The number of nitrogens with zero attached hydrogens (tertiary/aromatic N) is 2. The van der Waals surface area contributed by atoms with Crippen molar-refractivity contribution in [3.63, 3.8) is 0 Å². The van der Waals surface area contributed by atoms with Gasteiger partial charge < -0.3 is 5.32 Å². The van der Waals surface area contributed by atoms with Gasteiger partial charge >= 0.3 is 0 Å². The van der Waals surface area contributed by atoms with E-state index in [1.54, 1.807) is 6.20 Å². The highest BCUT2D eigenvalue weighted by Gasteiger charge is 2.14. The van der Waals surface area contributed by atoms with Crippen LogP contribution in [-0.2, 0) is 0 Å². The highest BCUT2D eigenvalue weighted by Crippen LogP contribution is 2.19. The standard InChI is InChI=1S/C17H21N3O/c1-10(2)16-18-9-14(13(5)19-16)17(21)20-15-8-6-7-11(3)12(15)4/h6-10H,1-5H3,(H,20,21). The van der Waals surface area contributed by atoms with Crippen LogP contribution in [-0.4, -0.2) is 15.9 Å². The van der Waals surface area contributed by atoms with Crippen LogP contribution in [0, 0.1) is 20.8 Å².